The third-order valence-electron chi connectivity index (χ3n) is 4.28. The smallest absolute Gasteiger partial charge is 0.352 e. The second-order valence-electron chi connectivity index (χ2n) is 5.92. The average molecular weight is 380 g/mol. The number of methoxy groups -OCH3 is 2. The third-order valence-corrected chi connectivity index (χ3v) is 4.28. The molecular weight excluding hydrogens is 360 g/mol. The number of hydrogen-bond acceptors (Lipinski definition) is 7. The Morgan fingerprint density at radius 3 is 2.19 bits per heavy atom. The lowest BCUT2D eigenvalue weighted by Gasteiger charge is -2.26. The molecule has 0 aliphatic carbocycles. The number of nitrogens with zero attached hydrogens (tertiary/aromatic N) is 4. The summed E-state index contributed by atoms with van der Waals surface area (Å²) < 4.78 is 13.8. The van der Waals surface area contributed by atoms with Crippen LogP contribution in [0.5, 0.6) is 5.88 Å². The van der Waals surface area contributed by atoms with E-state index in [0.29, 0.717) is 9.13 Å². The highest BCUT2D eigenvalue weighted by atomic mass is 16.5. The van der Waals surface area contributed by atoms with Crippen molar-refractivity contribution < 1.29 is 28.7 Å². The molecule has 2 aromatic rings. The van der Waals surface area contributed by atoms with Crippen LogP contribution in [0.4, 0.5) is 0 Å². The molecule has 0 aromatic carbocycles. The Balaban J connectivity index is 2.87. The first kappa shape index (κ1) is 19.9. The lowest BCUT2D eigenvalue weighted by Crippen LogP contribution is -2.44. The SMILES string of the molecule is COC(=O)C(c1c([O-])n(C)c(=O)n(C)c1=O)C(C(=O)OC)n1cc[n+](C)c1. The average Bonchev–Trinajstić information content (AvgIpc) is 3.08. The van der Waals surface area contributed by atoms with E-state index in [1.54, 1.807) is 17.8 Å². The van der Waals surface area contributed by atoms with E-state index in [0.717, 1.165) is 14.2 Å². The lowest BCUT2D eigenvalue weighted by atomic mass is 9.92. The summed E-state index contributed by atoms with van der Waals surface area (Å²) in [5, 5.41) is 12.7. The van der Waals surface area contributed by atoms with Gasteiger partial charge in [-0.3, -0.25) is 14.2 Å². The maximum atomic E-state index is 12.7. The standard InChI is InChI=1S/C16H20N4O7/c1-17-6-7-20(8-17)11(15(24)27-5)9(14(23)26-4)10-12(21)18(2)16(25)19(3)13(10)22/h6-9,11H,1-5H3. The van der Waals surface area contributed by atoms with Gasteiger partial charge in [-0.25, -0.2) is 18.7 Å². The topological polar surface area (TPSA) is 128 Å². The van der Waals surface area contributed by atoms with Gasteiger partial charge in [0, 0.05) is 19.7 Å². The predicted molar refractivity (Wildman–Crippen MR) is 87.8 cm³/mol. The zero-order chi connectivity index (χ0) is 20.5. The highest BCUT2D eigenvalue weighted by Gasteiger charge is 2.44. The number of carbonyl (C=O) groups excluding carboxylic acids is 2. The van der Waals surface area contributed by atoms with Gasteiger partial charge in [0.15, 0.2) is 0 Å². The van der Waals surface area contributed by atoms with Crippen molar-refractivity contribution in [2.75, 3.05) is 14.2 Å². The minimum Gasteiger partial charge on any atom is -0.860 e. The van der Waals surface area contributed by atoms with E-state index < -0.39 is 46.6 Å². The van der Waals surface area contributed by atoms with E-state index in [9.17, 15) is 24.3 Å². The highest BCUT2D eigenvalue weighted by Crippen LogP contribution is 2.32. The number of hydrogen-bond donors (Lipinski definition) is 0. The normalized spacial score (nSPS) is 13.1. The van der Waals surface area contributed by atoms with Crippen LogP contribution in [0.25, 0.3) is 0 Å². The third kappa shape index (κ3) is 3.35. The van der Waals surface area contributed by atoms with Gasteiger partial charge in [0.1, 0.15) is 18.3 Å². The Labute approximate surface area is 153 Å². The largest absolute Gasteiger partial charge is 0.860 e. The second kappa shape index (κ2) is 7.48. The van der Waals surface area contributed by atoms with Crippen LogP contribution in [0.1, 0.15) is 17.5 Å². The van der Waals surface area contributed by atoms with Gasteiger partial charge < -0.3 is 19.1 Å². The van der Waals surface area contributed by atoms with E-state index in [4.69, 9.17) is 9.47 Å². The van der Waals surface area contributed by atoms with Gasteiger partial charge in [0.2, 0.25) is 12.4 Å². The number of carbonyl (C=O) groups is 2. The zero-order valence-corrected chi connectivity index (χ0v) is 15.5. The quantitative estimate of drug-likeness (QED) is 0.413. The molecule has 0 aliphatic rings. The van der Waals surface area contributed by atoms with Crippen molar-refractivity contribution in [3.63, 3.8) is 0 Å². The van der Waals surface area contributed by atoms with Gasteiger partial charge in [0.25, 0.3) is 5.56 Å². The van der Waals surface area contributed by atoms with Gasteiger partial charge in [-0.05, 0) is 5.88 Å². The van der Waals surface area contributed by atoms with Gasteiger partial charge in [-0.1, -0.05) is 0 Å². The van der Waals surface area contributed by atoms with Gasteiger partial charge in [0.05, 0.1) is 21.3 Å². The van der Waals surface area contributed by atoms with Crippen molar-refractivity contribution >= 4 is 11.9 Å². The Morgan fingerprint density at radius 1 is 1.11 bits per heavy atom. The van der Waals surface area contributed by atoms with Crippen molar-refractivity contribution in [1.82, 2.24) is 13.7 Å². The van der Waals surface area contributed by atoms with Crippen molar-refractivity contribution in [3.05, 3.63) is 45.1 Å². The number of esters is 2. The van der Waals surface area contributed by atoms with E-state index >= 15 is 0 Å². The molecule has 27 heavy (non-hydrogen) atoms. The first-order chi connectivity index (χ1) is 12.6. The maximum absolute atomic E-state index is 12.7. The molecule has 2 heterocycles. The summed E-state index contributed by atoms with van der Waals surface area (Å²) in [6, 6.07) is -1.39. The first-order valence-corrected chi connectivity index (χ1v) is 7.81. The Morgan fingerprint density at radius 2 is 1.70 bits per heavy atom. The summed E-state index contributed by atoms with van der Waals surface area (Å²) >= 11 is 0. The molecule has 0 amide bonds. The molecule has 0 aliphatic heterocycles. The van der Waals surface area contributed by atoms with E-state index in [1.807, 2.05) is 0 Å². The monoisotopic (exact) mass is 380 g/mol. The summed E-state index contributed by atoms with van der Waals surface area (Å²) in [4.78, 5) is 49.6. The van der Waals surface area contributed by atoms with Crippen molar-refractivity contribution in [2.24, 2.45) is 21.1 Å². The minimum absolute atomic E-state index is 0.557. The molecule has 146 valence electrons. The van der Waals surface area contributed by atoms with Crippen LogP contribution in [-0.4, -0.2) is 39.9 Å². The molecule has 11 nitrogen and oxygen atoms in total. The van der Waals surface area contributed by atoms with Crippen molar-refractivity contribution in [1.29, 1.82) is 0 Å². The summed E-state index contributed by atoms with van der Waals surface area (Å²) in [6.07, 6.45) is 4.56. The molecule has 0 N–H and O–H groups in total. The van der Waals surface area contributed by atoms with E-state index in [-0.39, 0.29) is 0 Å². The van der Waals surface area contributed by atoms with Crippen molar-refractivity contribution in [2.45, 2.75) is 12.0 Å². The number of ether oxygens (including phenoxy) is 2. The van der Waals surface area contributed by atoms with Crippen LogP contribution in [0, 0.1) is 0 Å². The number of rotatable bonds is 5. The fourth-order valence-corrected chi connectivity index (χ4v) is 2.83. The summed E-state index contributed by atoms with van der Waals surface area (Å²) in [5.41, 5.74) is -2.39. The molecule has 2 atom stereocenters. The molecule has 0 bridgehead atoms. The van der Waals surface area contributed by atoms with Gasteiger partial charge in [-0.2, -0.15) is 0 Å². The second-order valence-corrected chi connectivity index (χ2v) is 5.92. The minimum atomic E-state index is -1.62. The zero-order valence-electron chi connectivity index (χ0n) is 15.5. The van der Waals surface area contributed by atoms with Crippen LogP contribution in [0.2, 0.25) is 0 Å². The van der Waals surface area contributed by atoms with Crippen LogP contribution in [0.3, 0.4) is 0 Å². The molecule has 0 saturated carbocycles. The summed E-state index contributed by atoms with van der Waals surface area (Å²) in [7, 11) is 6.21. The fraction of sp³-hybridized carbons (Fsp3) is 0.438. The molecule has 0 radical (unpaired) electrons. The van der Waals surface area contributed by atoms with Crippen LogP contribution < -0.4 is 20.9 Å². The lowest BCUT2D eigenvalue weighted by molar-refractivity contribution is -0.671. The van der Waals surface area contributed by atoms with Crippen LogP contribution >= 0.6 is 0 Å². The number of aromatic nitrogens is 4. The number of aryl methyl sites for hydroxylation is 1. The summed E-state index contributed by atoms with van der Waals surface area (Å²) in [6.45, 7) is 0. The van der Waals surface area contributed by atoms with E-state index in [1.165, 1.54) is 31.2 Å². The van der Waals surface area contributed by atoms with Gasteiger partial charge in [-0.15, -0.1) is 0 Å². The van der Waals surface area contributed by atoms with Crippen molar-refractivity contribution in [3.8, 4) is 5.88 Å². The molecule has 2 unspecified atom stereocenters. The molecule has 0 saturated heterocycles. The Bertz CT molecular complexity index is 1000. The summed E-state index contributed by atoms with van der Waals surface area (Å²) in [5.74, 6) is -4.46. The van der Waals surface area contributed by atoms with E-state index in [2.05, 4.69) is 0 Å². The molecule has 0 spiro atoms. The first-order valence-electron chi connectivity index (χ1n) is 7.81. The molecule has 11 heteroatoms. The Kier molecular flexibility index (Phi) is 5.52. The predicted octanol–water partition coefficient (Wildman–Crippen LogP) is -2.55. The molecule has 2 aromatic heterocycles. The Hall–Kier alpha value is -3.37. The van der Waals surface area contributed by atoms with Gasteiger partial charge >= 0.3 is 17.6 Å². The van der Waals surface area contributed by atoms with Crippen LogP contribution in [-0.2, 0) is 40.2 Å². The highest BCUT2D eigenvalue weighted by molar-refractivity contribution is 5.87. The fourth-order valence-electron chi connectivity index (χ4n) is 2.83. The molecule has 0 fully saturated rings. The molecule has 2 rings (SSSR count). The molecular formula is C16H20N4O7. The van der Waals surface area contributed by atoms with Crippen LogP contribution in [0.15, 0.2) is 28.3 Å². The number of imidazole rings is 1. The maximum Gasteiger partial charge on any atom is 0.352 e.